The number of aromatic nitrogens is 2. The third-order valence-corrected chi connectivity index (χ3v) is 3.46. The second-order valence-corrected chi connectivity index (χ2v) is 6.37. The average Bonchev–Trinajstić information content (AvgIpc) is 2.31. The largest absolute Gasteiger partial charge is 0.232 e. The maximum Gasteiger partial charge on any atom is 0.136 e. The first-order valence-electron chi connectivity index (χ1n) is 6.09. The molecule has 0 aliphatic rings. The standard InChI is InChI=1S/C15H16Cl2N2/c1-9-12(10-6-5-7-11(16)8-10)18-14(15(2,3)4)19-13(9)17/h5-8H,1-4H3. The number of halogens is 2. The number of rotatable bonds is 1. The Labute approximate surface area is 123 Å². The molecule has 0 saturated heterocycles. The summed E-state index contributed by atoms with van der Waals surface area (Å²) in [5, 5.41) is 1.18. The molecule has 1 heterocycles. The molecule has 2 nitrogen and oxygen atoms in total. The molecule has 0 unspecified atom stereocenters. The van der Waals surface area contributed by atoms with Crippen molar-refractivity contribution in [2.45, 2.75) is 33.1 Å². The van der Waals surface area contributed by atoms with Gasteiger partial charge in [-0.1, -0.05) is 56.1 Å². The zero-order valence-corrected chi connectivity index (χ0v) is 13.0. The van der Waals surface area contributed by atoms with Crippen molar-refractivity contribution >= 4 is 23.2 Å². The summed E-state index contributed by atoms with van der Waals surface area (Å²) in [5.41, 5.74) is 2.52. The van der Waals surface area contributed by atoms with Crippen molar-refractivity contribution in [2.75, 3.05) is 0 Å². The topological polar surface area (TPSA) is 25.8 Å². The molecule has 2 aromatic rings. The highest BCUT2D eigenvalue weighted by Gasteiger charge is 2.21. The van der Waals surface area contributed by atoms with Gasteiger partial charge in [0.05, 0.1) is 5.69 Å². The zero-order chi connectivity index (χ0) is 14.2. The lowest BCUT2D eigenvalue weighted by Gasteiger charge is -2.19. The molecule has 0 fully saturated rings. The van der Waals surface area contributed by atoms with Crippen molar-refractivity contribution in [3.8, 4) is 11.3 Å². The van der Waals surface area contributed by atoms with Gasteiger partial charge in [-0.15, -0.1) is 0 Å². The van der Waals surface area contributed by atoms with Crippen molar-refractivity contribution in [2.24, 2.45) is 0 Å². The van der Waals surface area contributed by atoms with Gasteiger partial charge in [0.15, 0.2) is 0 Å². The van der Waals surface area contributed by atoms with Gasteiger partial charge in [-0.05, 0) is 19.1 Å². The van der Waals surface area contributed by atoms with Gasteiger partial charge in [0.1, 0.15) is 11.0 Å². The Hall–Kier alpha value is -1.12. The molecule has 2 rings (SSSR count). The van der Waals surface area contributed by atoms with E-state index in [4.69, 9.17) is 23.2 Å². The molecular formula is C15H16Cl2N2. The molecule has 4 heteroatoms. The minimum atomic E-state index is -0.148. The van der Waals surface area contributed by atoms with Crippen LogP contribution in [-0.4, -0.2) is 9.97 Å². The molecule has 0 bridgehead atoms. The molecule has 100 valence electrons. The van der Waals surface area contributed by atoms with Crippen LogP contribution >= 0.6 is 23.2 Å². The van der Waals surface area contributed by atoms with Crippen LogP contribution in [0, 0.1) is 6.92 Å². The Morgan fingerprint density at radius 1 is 1.05 bits per heavy atom. The normalized spacial score (nSPS) is 11.7. The summed E-state index contributed by atoms with van der Waals surface area (Å²) in [6.45, 7) is 8.12. The Kier molecular flexibility index (Phi) is 3.84. The van der Waals surface area contributed by atoms with Crippen molar-refractivity contribution < 1.29 is 0 Å². The molecule has 0 aliphatic carbocycles. The molecule has 0 radical (unpaired) electrons. The fourth-order valence-corrected chi connectivity index (χ4v) is 2.10. The lowest BCUT2D eigenvalue weighted by atomic mass is 9.95. The first kappa shape index (κ1) is 14.3. The SMILES string of the molecule is Cc1c(Cl)nc(C(C)(C)C)nc1-c1cccc(Cl)c1. The number of hydrogen-bond acceptors (Lipinski definition) is 2. The van der Waals surface area contributed by atoms with Crippen LogP contribution in [0.3, 0.4) is 0 Å². The Balaban J connectivity index is 2.66. The van der Waals surface area contributed by atoms with Gasteiger partial charge in [0.2, 0.25) is 0 Å². The molecule has 0 N–H and O–H groups in total. The minimum Gasteiger partial charge on any atom is -0.232 e. The van der Waals surface area contributed by atoms with Crippen molar-refractivity contribution in [1.29, 1.82) is 0 Å². The smallest absolute Gasteiger partial charge is 0.136 e. The molecule has 0 aliphatic heterocycles. The minimum absolute atomic E-state index is 0.148. The van der Waals surface area contributed by atoms with E-state index in [2.05, 4.69) is 30.7 Å². The van der Waals surface area contributed by atoms with Crippen LogP contribution in [0.25, 0.3) is 11.3 Å². The Morgan fingerprint density at radius 3 is 2.32 bits per heavy atom. The van der Waals surface area contributed by atoms with Gasteiger partial charge < -0.3 is 0 Å². The highest BCUT2D eigenvalue weighted by Crippen LogP contribution is 2.30. The molecule has 0 amide bonds. The monoisotopic (exact) mass is 294 g/mol. The second-order valence-electron chi connectivity index (χ2n) is 5.57. The van der Waals surface area contributed by atoms with E-state index in [9.17, 15) is 0 Å². The molecule has 0 spiro atoms. The van der Waals surface area contributed by atoms with Crippen molar-refractivity contribution in [1.82, 2.24) is 9.97 Å². The van der Waals surface area contributed by atoms with Crippen LogP contribution in [0.5, 0.6) is 0 Å². The first-order valence-corrected chi connectivity index (χ1v) is 6.85. The van der Waals surface area contributed by atoms with Crippen molar-refractivity contribution in [3.05, 3.63) is 45.8 Å². The summed E-state index contributed by atoms with van der Waals surface area (Å²) in [6.07, 6.45) is 0. The van der Waals surface area contributed by atoms with Crippen LogP contribution in [0.15, 0.2) is 24.3 Å². The molecule has 1 aromatic carbocycles. The van der Waals surface area contributed by atoms with Crippen LogP contribution in [-0.2, 0) is 5.41 Å². The van der Waals surface area contributed by atoms with Crippen LogP contribution in [0.2, 0.25) is 10.2 Å². The van der Waals surface area contributed by atoms with E-state index in [1.807, 2.05) is 31.2 Å². The average molecular weight is 295 g/mol. The molecule has 19 heavy (non-hydrogen) atoms. The first-order chi connectivity index (χ1) is 8.79. The second kappa shape index (κ2) is 5.10. The summed E-state index contributed by atoms with van der Waals surface area (Å²) in [7, 11) is 0. The van der Waals surface area contributed by atoms with E-state index in [1.54, 1.807) is 0 Å². The van der Waals surface area contributed by atoms with Crippen LogP contribution in [0.1, 0.15) is 32.2 Å². The Bertz CT molecular complexity index is 616. The van der Waals surface area contributed by atoms with Crippen LogP contribution in [0.4, 0.5) is 0 Å². The van der Waals surface area contributed by atoms with Gasteiger partial charge in [-0.3, -0.25) is 0 Å². The summed E-state index contributed by atoms with van der Waals surface area (Å²) in [4.78, 5) is 9.04. The summed E-state index contributed by atoms with van der Waals surface area (Å²) < 4.78 is 0. The van der Waals surface area contributed by atoms with E-state index in [0.29, 0.717) is 10.2 Å². The quantitative estimate of drug-likeness (QED) is 0.687. The number of hydrogen-bond donors (Lipinski definition) is 0. The van der Waals surface area contributed by atoms with Gasteiger partial charge in [0.25, 0.3) is 0 Å². The fourth-order valence-electron chi connectivity index (χ4n) is 1.74. The van der Waals surface area contributed by atoms with Gasteiger partial charge in [-0.2, -0.15) is 0 Å². The predicted molar refractivity (Wildman–Crippen MR) is 80.9 cm³/mol. The fraction of sp³-hybridized carbons (Fsp3) is 0.333. The maximum absolute atomic E-state index is 6.23. The van der Waals surface area contributed by atoms with E-state index >= 15 is 0 Å². The van der Waals surface area contributed by atoms with Gasteiger partial charge in [-0.25, -0.2) is 9.97 Å². The van der Waals surface area contributed by atoms with Gasteiger partial charge >= 0.3 is 0 Å². The molecule has 0 atom stereocenters. The lowest BCUT2D eigenvalue weighted by molar-refractivity contribution is 0.545. The summed E-state index contributed by atoms with van der Waals surface area (Å²) in [5.74, 6) is 0.734. The summed E-state index contributed by atoms with van der Waals surface area (Å²) >= 11 is 12.3. The molecule has 1 aromatic heterocycles. The van der Waals surface area contributed by atoms with E-state index in [-0.39, 0.29) is 5.41 Å². The highest BCUT2D eigenvalue weighted by molar-refractivity contribution is 6.31. The summed E-state index contributed by atoms with van der Waals surface area (Å²) in [6, 6.07) is 7.61. The predicted octanol–water partition coefficient (Wildman–Crippen LogP) is 5.06. The third kappa shape index (κ3) is 3.07. The third-order valence-electron chi connectivity index (χ3n) is 2.86. The van der Waals surface area contributed by atoms with Crippen molar-refractivity contribution in [3.63, 3.8) is 0 Å². The molecule has 0 saturated carbocycles. The lowest BCUT2D eigenvalue weighted by Crippen LogP contribution is -2.17. The van der Waals surface area contributed by atoms with E-state index < -0.39 is 0 Å². The zero-order valence-electron chi connectivity index (χ0n) is 11.5. The van der Waals surface area contributed by atoms with Crippen LogP contribution < -0.4 is 0 Å². The number of nitrogens with zero attached hydrogens (tertiary/aromatic N) is 2. The van der Waals surface area contributed by atoms with Gasteiger partial charge in [0, 0.05) is 21.6 Å². The molecular weight excluding hydrogens is 279 g/mol. The maximum atomic E-state index is 6.23. The van der Waals surface area contributed by atoms with E-state index in [0.717, 1.165) is 22.6 Å². The Morgan fingerprint density at radius 2 is 1.74 bits per heavy atom. The number of benzene rings is 1. The van der Waals surface area contributed by atoms with E-state index in [1.165, 1.54) is 0 Å². The highest BCUT2D eigenvalue weighted by atomic mass is 35.5.